The van der Waals surface area contributed by atoms with Crippen molar-refractivity contribution in [3.8, 4) is 0 Å². The second-order valence-corrected chi connectivity index (χ2v) is 1.35. The van der Waals surface area contributed by atoms with Gasteiger partial charge in [0.1, 0.15) is 0 Å². The van der Waals surface area contributed by atoms with Crippen LogP contribution in [0.5, 0.6) is 0 Å². The van der Waals surface area contributed by atoms with E-state index >= 15 is 0 Å². The van der Waals surface area contributed by atoms with Gasteiger partial charge in [-0.15, -0.1) is 0 Å². The Labute approximate surface area is 41.2 Å². The smallest absolute Gasteiger partial charge is 0.221 e. The van der Waals surface area contributed by atoms with Crippen LogP contribution < -0.4 is 5.73 Å². The molecule has 0 aromatic rings. The standard InChI is InChI=1S/C3H9NO3/c4-3(6,7)1-2-5/h5-7H,1-2,4H2. The lowest BCUT2D eigenvalue weighted by atomic mass is 10.4. The summed E-state index contributed by atoms with van der Waals surface area (Å²) < 4.78 is 0. The average molecular weight is 107 g/mol. The van der Waals surface area contributed by atoms with Crippen molar-refractivity contribution < 1.29 is 15.3 Å². The van der Waals surface area contributed by atoms with Gasteiger partial charge in [0.2, 0.25) is 5.91 Å². The predicted molar refractivity (Wildman–Crippen MR) is 23.1 cm³/mol. The number of hydrogen-bond donors (Lipinski definition) is 4. The van der Waals surface area contributed by atoms with Crippen LogP contribution in [0.3, 0.4) is 0 Å². The van der Waals surface area contributed by atoms with Crippen molar-refractivity contribution in [3.05, 3.63) is 0 Å². The second-order valence-electron chi connectivity index (χ2n) is 1.35. The highest BCUT2D eigenvalue weighted by atomic mass is 16.5. The minimum absolute atomic E-state index is 0.215. The third-order valence-electron chi connectivity index (χ3n) is 0.480. The second kappa shape index (κ2) is 2.23. The molecule has 4 nitrogen and oxygen atoms in total. The van der Waals surface area contributed by atoms with Crippen LogP contribution >= 0.6 is 0 Å². The summed E-state index contributed by atoms with van der Waals surface area (Å²) >= 11 is 0. The van der Waals surface area contributed by atoms with E-state index in [9.17, 15) is 0 Å². The van der Waals surface area contributed by atoms with Crippen molar-refractivity contribution in [3.63, 3.8) is 0 Å². The Bertz CT molecular complexity index is 48.6. The van der Waals surface area contributed by atoms with Crippen LogP contribution in [0.1, 0.15) is 6.42 Å². The maximum atomic E-state index is 8.19. The third-order valence-corrected chi connectivity index (χ3v) is 0.480. The number of hydrogen-bond acceptors (Lipinski definition) is 4. The number of aliphatic hydroxyl groups excluding tert-OH is 1. The molecule has 4 heteroatoms. The lowest BCUT2D eigenvalue weighted by Gasteiger charge is -2.11. The van der Waals surface area contributed by atoms with Gasteiger partial charge in [-0.25, -0.2) is 0 Å². The Morgan fingerprint density at radius 2 is 1.86 bits per heavy atom. The molecule has 0 atom stereocenters. The van der Waals surface area contributed by atoms with Crippen LogP contribution in [0.4, 0.5) is 0 Å². The first-order valence-corrected chi connectivity index (χ1v) is 1.91. The zero-order valence-corrected chi connectivity index (χ0v) is 3.83. The van der Waals surface area contributed by atoms with Gasteiger partial charge in [0.15, 0.2) is 0 Å². The molecule has 7 heavy (non-hydrogen) atoms. The first-order valence-electron chi connectivity index (χ1n) is 1.91. The van der Waals surface area contributed by atoms with E-state index in [1.807, 2.05) is 0 Å². The summed E-state index contributed by atoms with van der Waals surface area (Å²) in [6.07, 6.45) is -0.215. The normalized spacial score (nSPS) is 12.0. The molecular weight excluding hydrogens is 98.0 g/mol. The summed E-state index contributed by atoms with van der Waals surface area (Å²) in [7, 11) is 0. The molecule has 0 aliphatic carbocycles. The van der Waals surface area contributed by atoms with E-state index in [0.717, 1.165) is 0 Å². The number of rotatable bonds is 2. The Morgan fingerprint density at radius 3 is 1.86 bits per heavy atom. The van der Waals surface area contributed by atoms with E-state index in [1.54, 1.807) is 0 Å². The highest BCUT2D eigenvalue weighted by Crippen LogP contribution is 1.91. The van der Waals surface area contributed by atoms with E-state index in [1.165, 1.54) is 0 Å². The molecule has 5 N–H and O–H groups in total. The van der Waals surface area contributed by atoms with Crippen LogP contribution in [0.25, 0.3) is 0 Å². The Kier molecular flexibility index (Phi) is 2.17. The SMILES string of the molecule is NC(O)(O)CCO. The van der Waals surface area contributed by atoms with Gasteiger partial charge in [-0.05, 0) is 0 Å². The fourth-order valence-electron chi connectivity index (χ4n) is 0.165. The minimum Gasteiger partial charge on any atom is -0.396 e. The van der Waals surface area contributed by atoms with Crippen LogP contribution in [-0.2, 0) is 0 Å². The van der Waals surface area contributed by atoms with E-state index in [2.05, 4.69) is 5.73 Å². The monoisotopic (exact) mass is 107 g/mol. The molecule has 0 heterocycles. The lowest BCUT2D eigenvalue weighted by Crippen LogP contribution is -2.39. The van der Waals surface area contributed by atoms with Gasteiger partial charge in [-0.1, -0.05) is 0 Å². The molecule has 44 valence electrons. The molecule has 0 spiro atoms. The van der Waals surface area contributed by atoms with Crippen molar-refractivity contribution in [1.82, 2.24) is 0 Å². The van der Waals surface area contributed by atoms with Gasteiger partial charge >= 0.3 is 0 Å². The van der Waals surface area contributed by atoms with E-state index < -0.39 is 5.91 Å². The maximum Gasteiger partial charge on any atom is 0.221 e. The fraction of sp³-hybridized carbons (Fsp3) is 1.00. The summed E-state index contributed by atoms with van der Waals surface area (Å²) in [6, 6.07) is 0. The van der Waals surface area contributed by atoms with E-state index in [0.29, 0.717) is 0 Å². The number of aliphatic hydroxyl groups is 3. The maximum absolute atomic E-state index is 8.19. The van der Waals surface area contributed by atoms with Crippen LogP contribution in [-0.4, -0.2) is 27.8 Å². The van der Waals surface area contributed by atoms with Gasteiger partial charge in [0.25, 0.3) is 0 Å². The highest BCUT2D eigenvalue weighted by molar-refractivity contribution is 4.49. The van der Waals surface area contributed by atoms with E-state index in [-0.39, 0.29) is 13.0 Å². The summed E-state index contributed by atoms with van der Waals surface area (Å²) in [6.45, 7) is -0.316. The van der Waals surface area contributed by atoms with Crippen molar-refractivity contribution in [2.75, 3.05) is 6.61 Å². The molecule has 0 radical (unpaired) electrons. The Morgan fingerprint density at radius 1 is 1.43 bits per heavy atom. The quantitative estimate of drug-likeness (QED) is 0.306. The van der Waals surface area contributed by atoms with Gasteiger partial charge in [-0.3, -0.25) is 5.73 Å². The van der Waals surface area contributed by atoms with Crippen LogP contribution in [0.15, 0.2) is 0 Å². The van der Waals surface area contributed by atoms with Crippen LogP contribution in [0, 0.1) is 0 Å². The molecule has 0 bridgehead atoms. The summed E-state index contributed by atoms with van der Waals surface area (Å²) in [5.74, 6) is -2.20. The third kappa shape index (κ3) is 5.84. The molecule has 0 rings (SSSR count). The summed E-state index contributed by atoms with van der Waals surface area (Å²) in [5, 5.41) is 24.4. The predicted octanol–water partition coefficient (Wildman–Crippen LogP) is -2.03. The molecular formula is C3H9NO3. The molecule has 0 aromatic heterocycles. The molecule has 0 aromatic carbocycles. The van der Waals surface area contributed by atoms with E-state index in [4.69, 9.17) is 15.3 Å². The summed E-state index contributed by atoms with van der Waals surface area (Å²) in [5.41, 5.74) is 4.60. The lowest BCUT2D eigenvalue weighted by molar-refractivity contribution is -0.165. The first kappa shape index (κ1) is 6.84. The van der Waals surface area contributed by atoms with Crippen LogP contribution in [0.2, 0.25) is 0 Å². The van der Waals surface area contributed by atoms with Gasteiger partial charge in [0.05, 0.1) is 0 Å². The van der Waals surface area contributed by atoms with Gasteiger partial charge in [-0.2, -0.15) is 0 Å². The molecule has 0 fully saturated rings. The zero-order valence-electron chi connectivity index (χ0n) is 3.83. The molecule has 0 saturated carbocycles. The minimum atomic E-state index is -2.20. The highest BCUT2D eigenvalue weighted by Gasteiger charge is 2.12. The Hall–Kier alpha value is -0.160. The van der Waals surface area contributed by atoms with Crippen molar-refractivity contribution >= 4 is 0 Å². The zero-order chi connectivity index (χ0) is 5.91. The molecule has 0 saturated heterocycles. The summed E-state index contributed by atoms with van der Waals surface area (Å²) in [4.78, 5) is 0. The first-order chi connectivity index (χ1) is 3.06. The Balaban J connectivity index is 3.15. The molecule has 0 unspecified atom stereocenters. The molecule has 0 aliphatic heterocycles. The van der Waals surface area contributed by atoms with Gasteiger partial charge in [0, 0.05) is 13.0 Å². The van der Waals surface area contributed by atoms with Gasteiger partial charge < -0.3 is 15.3 Å². The average Bonchev–Trinajstić information content (AvgIpc) is 1.30. The fourth-order valence-corrected chi connectivity index (χ4v) is 0.165. The largest absolute Gasteiger partial charge is 0.396 e. The van der Waals surface area contributed by atoms with Crippen molar-refractivity contribution in [1.29, 1.82) is 0 Å². The topological polar surface area (TPSA) is 86.7 Å². The number of nitrogens with two attached hydrogens (primary N) is 1. The van der Waals surface area contributed by atoms with Crippen molar-refractivity contribution in [2.24, 2.45) is 5.73 Å². The molecule has 0 aliphatic rings. The van der Waals surface area contributed by atoms with Crippen molar-refractivity contribution in [2.45, 2.75) is 12.3 Å². The molecule has 0 amide bonds.